The highest BCUT2D eigenvalue weighted by molar-refractivity contribution is 7.20. The molecule has 1 amide bonds. The van der Waals surface area contributed by atoms with E-state index >= 15 is 0 Å². The van der Waals surface area contributed by atoms with Crippen molar-refractivity contribution < 1.29 is 9.53 Å². The summed E-state index contributed by atoms with van der Waals surface area (Å²) < 4.78 is 8.78. The summed E-state index contributed by atoms with van der Waals surface area (Å²) in [5.41, 5.74) is 3.48. The summed E-state index contributed by atoms with van der Waals surface area (Å²) in [6.07, 6.45) is 3.32. The third-order valence-corrected chi connectivity index (χ3v) is 6.30. The van der Waals surface area contributed by atoms with Crippen LogP contribution in [0.25, 0.3) is 15.3 Å². The van der Waals surface area contributed by atoms with E-state index in [9.17, 15) is 4.79 Å². The highest BCUT2D eigenvalue weighted by atomic mass is 32.1. The van der Waals surface area contributed by atoms with Crippen LogP contribution < -0.4 is 4.74 Å². The molecule has 0 bridgehead atoms. The van der Waals surface area contributed by atoms with Crippen molar-refractivity contribution >= 4 is 27.5 Å². The monoisotopic (exact) mass is 454 g/mol. The highest BCUT2D eigenvalue weighted by Crippen LogP contribution is 2.25. The van der Waals surface area contributed by atoms with Crippen LogP contribution in [0.4, 0.5) is 0 Å². The van der Waals surface area contributed by atoms with Gasteiger partial charge in [0.2, 0.25) is 5.13 Å². The van der Waals surface area contributed by atoms with Gasteiger partial charge in [-0.25, -0.2) is 9.67 Å². The van der Waals surface area contributed by atoms with Crippen LogP contribution in [0.2, 0.25) is 0 Å². The predicted octanol–water partition coefficient (Wildman–Crippen LogP) is 5.33. The van der Waals surface area contributed by atoms with Crippen molar-refractivity contribution in [2.24, 2.45) is 0 Å². The van der Waals surface area contributed by atoms with Crippen molar-refractivity contribution in [1.29, 1.82) is 0 Å². The predicted molar refractivity (Wildman–Crippen MR) is 130 cm³/mol. The second kappa shape index (κ2) is 9.26. The van der Waals surface area contributed by atoms with E-state index in [4.69, 9.17) is 4.74 Å². The fraction of sp³-hybridized carbons (Fsp3) is 0.115. The number of rotatable bonds is 7. The molecule has 7 heteroatoms. The fourth-order valence-electron chi connectivity index (χ4n) is 3.55. The number of fused-ring (bicyclic) bond motifs is 1. The van der Waals surface area contributed by atoms with Crippen molar-refractivity contribution in [3.8, 4) is 10.9 Å². The fourth-order valence-corrected chi connectivity index (χ4v) is 4.45. The van der Waals surface area contributed by atoms with E-state index in [0.29, 0.717) is 18.7 Å². The summed E-state index contributed by atoms with van der Waals surface area (Å²) in [5.74, 6) is 0.659. The lowest BCUT2D eigenvalue weighted by molar-refractivity contribution is 0.0784. The summed E-state index contributed by atoms with van der Waals surface area (Å²) in [7, 11) is 1.78. The molecule has 0 aliphatic rings. The maximum Gasteiger partial charge on any atom is 0.257 e. The molecule has 0 N–H and O–H groups in total. The maximum absolute atomic E-state index is 13.1. The van der Waals surface area contributed by atoms with Gasteiger partial charge in [0.1, 0.15) is 12.4 Å². The summed E-state index contributed by atoms with van der Waals surface area (Å²) in [5, 5.41) is 5.10. The van der Waals surface area contributed by atoms with Gasteiger partial charge in [-0.15, -0.1) is 0 Å². The molecule has 6 nitrogen and oxygen atoms in total. The summed E-state index contributed by atoms with van der Waals surface area (Å²) >= 11 is 1.54. The zero-order valence-electron chi connectivity index (χ0n) is 18.1. The first-order valence-corrected chi connectivity index (χ1v) is 11.4. The number of carbonyl (C=O) groups excluding carboxylic acids is 1. The first-order chi connectivity index (χ1) is 16.2. The topological polar surface area (TPSA) is 60.2 Å². The van der Waals surface area contributed by atoms with Gasteiger partial charge >= 0.3 is 0 Å². The quantitative estimate of drug-likeness (QED) is 0.333. The highest BCUT2D eigenvalue weighted by Gasteiger charge is 2.17. The molecule has 3 aromatic carbocycles. The third-order valence-electron chi connectivity index (χ3n) is 5.27. The van der Waals surface area contributed by atoms with Gasteiger partial charge in [-0.05, 0) is 23.8 Å². The lowest BCUT2D eigenvalue weighted by atomic mass is 10.1. The molecule has 0 spiro atoms. The molecular formula is C26H22N4O2S. The molecule has 2 heterocycles. The molecule has 33 heavy (non-hydrogen) atoms. The molecule has 2 aromatic heterocycles. The minimum atomic E-state index is -0.111. The van der Waals surface area contributed by atoms with Crippen LogP contribution in [0.3, 0.4) is 0 Å². The van der Waals surface area contributed by atoms with Crippen LogP contribution in [0.5, 0.6) is 5.75 Å². The van der Waals surface area contributed by atoms with E-state index in [-0.39, 0.29) is 5.91 Å². The Labute approximate surface area is 195 Å². The van der Waals surface area contributed by atoms with Gasteiger partial charge in [0.25, 0.3) is 5.91 Å². The maximum atomic E-state index is 13.1. The van der Waals surface area contributed by atoms with Crippen molar-refractivity contribution in [3.63, 3.8) is 0 Å². The molecule has 0 radical (unpaired) electrons. The summed E-state index contributed by atoms with van der Waals surface area (Å²) in [4.78, 5) is 19.3. The third kappa shape index (κ3) is 4.63. The SMILES string of the molecule is CN(Cc1ccccc1OCc1ccccc1)C(=O)c1cnn(-c2nc3ccccc3s2)c1. The Morgan fingerprint density at radius 3 is 2.61 bits per heavy atom. The first-order valence-electron chi connectivity index (χ1n) is 10.6. The van der Waals surface area contributed by atoms with Crippen LogP contribution in [0, 0.1) is 0 Å². The average Bonchev–Trinajstić information content (AvgIpc) is 3.51. The second-order valence-electron chi connectivity index (χ2n) is 7.68. The lowest BCUT2D eigenvalue weighted by Gasteiger charge is -2.19. The van der Waals surface area contributed by atoms with E-state index in [1.165, 1.54) is 11.3 Å². The molecule has 164 valence electrons. The molecule has 0 atom stereocenters. The Bertz CT molecular complexity index is 1360. The number of carbonyl (C=O) groups is 1. The van der Waals surface area contributed by atoms with Gasteiger partial charge in [-0.2, -0.15) is 5.10 Å². The van der Waals surface area contributed by atoms with Crippen LogP contribution in [0.15, 0.2) is 91.3 Å². The average molecular weight is 455 g/mol. The first kappa shape index (κ1) is 20.9. The Balaban J connectivity index is 1.29. The molecular weight excluding hydrogens is 432 g/mol. The zero-order valence-corrected chi connectivity index (χ0v) is 18.9. The number of nitrogens with zero attached hydrogens (tertiary/aromatic N) is 4. The Morgan fingerprint density at radius 2 is 1.76 bits per heavy atom. The van der Waals surface area contributed by atoms with Crippen LogP contribution >= 0.6 is 11.3 Å². The number of thiazole rings is 1. The number of para-hydroxylation sites is 2. The van der Waals surface area contributed by atoms with E-state index in [0.717, 1.165) is 32.2 Å². The van der Waals surface area contributed by atoms with Crippen molar-refractivity contribution in [2.45, 2.75) is 13.2 Å². The molecule has 0 saturated heterocycles. The minimum Gasteiger partial charge on any atom is -0.489 e. The number of ether oxygens (including phenoxy) is 1. The summed E-state index contributed by atoms with van der Waals surface area (Å²) in [6, 6.07) is 25.8. The molecule has 5 aromatic rings. The van der Waals surface area contributed by atoms with E-state index in [1.807, 2.05) is 78.9 Å². The van der Waals surface area contributed by atoms with Crippen LogP contribution in [-0.4, -0.2) is 32.6 Å². The molecule has 5 rings (SSSR count). The molecule has 0 aliphatic carbocycles. The van der Waals surface area contributed by atoms with Crippen molar-refractivity contribution in [3.05, 3.63) is 108 Å². The van der Waals surface area contributed by atoms with Gasteiger partial charge in [-0.1, -0.05) is 72.0 Å². The Kier molecular flexibility index (Phi) is 5.87. The van der Waals surface area contributed by atoms with Gasteiger partial charge in [-0.3, -0.25) is 4.79 Å². The molecule has 0 aliphatic heterocycles. The number of aromatic nitrogens is 3. The largest absolute Gasteiger partial charge is 0.489 e. The number of benzene rings is 3. The van der Waals surface area contributed by atoms with Crippen LogP contribution in [-0.2, 0) is 13.2 Å². The van der Waals surface area contributed by atoms with Gasteiger partial charge < -0.3 is 9.64 Å². The molecule has 0 fully saturated rings. The van der Waals surface area contributed by atoms with Crippen molar-refractivity contribution in [2.75, 3.05) is 7.05 Å². The van der Waals surface area contributed by atoms with Gasteiger partial charge in [0.05, 0.1) is 22.0 Å². The number of hydrogen-bond acceptors (Lipinski definition) is 5. The Morgan fingerprint density at radius 1 is 1.00 bits per heavy atom. The normalized spacial score (nSPS) is 10.9. The Hall–Kier alpha value is -3.97. The lowest BCUT2D eigenvalue weighted by Crippen LogP contribution is -2.26. The number of hydrogen-bond donors (Lipinski definition) is 0. The van der Waals surface area contributed by atoms with E-state index in [1.54, 1.807) is 29.0 Å². The number of amides is 1. The van der Waals surface area contributed by atoms with Gasteiger partial charge in [0, 0.05) is 25.4 Å². The van der Waals surface area contributed by atoms with Crippen LogP contribution in [0.1, 0.15) is 21.5 Å². The van der Waals surface area contributed by atoms with E-state index in [2.05, 4.69) is 10.1 Å². The van der Waals surface area contributed by atoms with Gasteiger partial charge in [0.15, 0.2) is 0 Å². The minimum absolute atomic E-state index is 0.111. The second-order valence-corrected chi connectivity index (χ2v) is 8.69. The zero-order chi connectivity index (χ0) is 22.6. The standard InChI is InChI=1S/C26H22N4O2S/c1-29(16-20-11-5-7-13-23(20)32-18-19-9-3-2-4-10-19)25(31)21-15-27-30(17-21)26-28-22-12-6-8-14-24(22)33-26/h2-15,17H,16,18H2,1H3. The van der Waals surface area contributed by atoms with E-state index < -0.39 is 0 Å². The summed E-state index contributed by atoms with van der Waals surface area (Å²) in [6.45, 7) is 0.903. The smallest absolute Gasteiger partial charge is 0.257 e. The van der Waals surface area contributed by atoms with Crippen molar-refractivity contribution in [1.82, 2.24) is 19.7 Å². The molecule has 0 saturated carbocycles. The molecule has 0 unspecified atom stereocenters.